The zero-order valence-electron chi connectivity index (χ0n) is 25.6. The van der Waals surface area contributed by atoms with Gasteiger partial charge in [-0.25, -0.2) is 0 Å². The van der Waals surface area contributed by atoms with E-state index in [-0.39, 0.29) is 42.7 Å². The normalized spacial score (nSPS) is 25.7. The third-order valence-electron chi connectivity index (χ3n) is 9.00. The van der Waals surface area contributed by atoms with Crippen LogP contribution in [-0.2, 0) is 14.4 Å². The molecule has 0 aromatic heterocycles. The molecule has 1 N–H and O–H groups in total. The van der Waals surface area contributed by atoms with E-state index in [1.54, 1.807) is 64.8 Å². The van der Waals surface area contributed by atoms with Gasteiger partial charge in [0.25, 0.3) is 5.91 Å². The molecule has 1 spiro atoms. The van der Waals surface area contributed by atoms with Crippen LogP contribution in [0.15, 0.2) is 73.8 Å². The van der Waals surface area contributed by atoms with Crippen LogP contribution < -0.4 is 19.3 Å². The molecule has 0 saturated carbocycles. The maximum absolute atomic E-state index is 14.6. The molecule has 3 amide bonds. The van der Waals surface area contributed by atoms with E-state index >= 15 is 0 Å². The minimum absolute atomic E-state index is 0.109. The minimum Gasteiger partial charge on any atom is -0.497 e. The number of benzene rings is 2. The number of aliphatic hydroxyl groups is 1. The van der Waals surface area contributed by atoms with Crippen LogP contribution in [-0.4, -0.2) is 83.2 Å². The summed E-state index contributed by atoms with van der Waals surface area (Å²) in [7, 11) is 1.58. The number of carbonyl (C=O) groups excluding carboxylic acids is 3. The first-order chi connectivity index (χ1) is 21.3. The van der Waals surface area contributed by atoms with Gasteiger partial charge in [0, 0.05) is 29.7 Å². The Morgan fingerprint density at radius 3 is 2.14 bits per heavy atom. The van der Waals surface area contributed by atoms with Crippen molar-refractivity contribution < 1.29 is 29.0 Å². The average Bonchev–Trinajstić information content (AvgIpc) is 3.69. The molecule has 3 saturated heterocycles. The van der Waals surface area contributed by atoms with E-state index in [9.17, 15) is 19.5 Å². The van der Waals surface area contributed by atoms with Crippen LogP contribution in [0.2, 0.25) is 0 Å². The van der Waals surface area contributed by atoms with Crippen LogP contribution in [0, 0.1) is 11.8 Å². The molecule has 2 aromatic carbocycles. The monoisotopic (exact) mass is 619 g/mol. The van der Waals surface area contributed by atoms with Crippen molar-refractivity contribution in [2.24, 2.45) is 11.8 Å². The van der Waals surface area contributed by atoms with Gasteiger partial charge < -0.3 is 29.3 Å². The van der Waals surface area contributed by atoms with E-state index in [1.165, 1.54) is 0 Å². The standard InChI is InChI=1S/C34H41N3O6S/c1-6-19-35(23-11-15-26(16-12-23)43-8-3)31(39)28-27-17-18-34(44-27)29(28)32(40)37(22(4)21-38)30(34)33(41)36(20-7-2)24-9-13-25(42-5)14-10-24/h6-7,9-16,22,27-30,38H,1-2,8,17-21H2,3-5H3/t22-,27-,28+,29+,30?,34?/m1/s1. The highest BCUT2D eigenvalue weighted by molar-refractivity contribution is 8.02. The second kappa shape index (κ2) is 13.1. The molecule has 3 heterocycles. The summed E-state index contributed by atoms with van der Waals surface area (Å²) in [6, 6.07) is 13.1. The van der Waals surface area contributed by atoms with E-state index in [0.29, 0.717) is 42.3 Å². The van der Waals surface area contributed by atoms with Crippen molar-refractivity contribution in [1.29, 1.82) is 0 Å². The van der Waals surface area contributed by atoms with Crippen molar-refractivity contribution in [1.82, 2.24) is 4.90 Å². The Kier molecular flexibility index (Phi) is 9.41. The molecule has 3 aliphatic rings. The zero-order chi connectivity index (χ0) is 31.6. The highest BCUT2D eigenvalue weighted by Gasteiger charge is 2.74. The van der Waals surface area contributed by atoms with Crippen molar-refractivity contribution in [3.05, 3.63) is 73.8 Å². The molecule has 0 aliphatic carbocycles. The number of thioether (sulfide) groups is 1. The summed E-state index contributed by atoms with van der Waals surface area (Å²) < 4.78 is 10.1. The lowest BCUT2D eigenvalue weighted by molar-refractivity contribution is -0.141. The molecule has 3 aliphatic heterocycles. The van der Waals surface area contributed by atoms with E-state index in [1.807, 2.05) is 43.3 Å². The number of carbonyl (C=O) groups is 3. The maximum atomic E-state index is 14.6. The number of anilines is 2. The zero-order valence-corrected chi connectivity index (χ0v) is 26.4. The lowest BCUT2D eigenvalue weighted by Crippen LogP contribution is -2.57. The number of aliphatic hydroxyl groups excluding tert-OH is 1. The van der Waals surface area contributed by atoms with Gasteiger partial charge in [-0.1, -0.05) is 12.2 Å². The Balaban J connectivity index is 1.53. The van der Waals surface area contributed by atoms with Crippen molar-refractivity contribution in [3.63, 3.8) is 0 Å². The van der Waals surface area contributed by atoms with Gasteiger partial charge in [0.15, 0.2) is 0 Å². The van der Waals surface area contributed by atoms with Crippen molar-refractivity contribution in [2.75, 3.05) is 43.2 Å². The number of hydrogen-bond acceptors (Lipinski definition) is 7. The molecule has 5 rings (SSSR count). The van der Waals surface area contributed by atoms with Crippen LogP contribution in [0.5, 0.6) is 11.5 Å². The molecule has 234 valence electrons. The summed E-state index contributed by atoms with van der Waals surface area (Å²) in [5, 5.41) is 10.1. The van der Waals surface area contributed by atoms with Gasteiger partial charge in [-0.3, -0.25) is 14.4 Å². The Morgan fingerprint density at radius 2 is 1.61 bits per heavy atom. The summed E-state index contributed by atoms with van der Waals surface area (Å²) >= 11 is 1.60. The van der Waals surface area contributed by atoms with E-state index in [2.05, 4.69) is 13.2 Å². The van der Waals surface area contributed by atoms with Gasteiger partial charge in [-0.2, -0.15) is 0 Å². The molecular formula is C34H41N3O6S. The smallest absolute Gasteiger partial charge is 0.251 e. The number of amides is 3. The fraction of sp³-hybridized carbons (Fsp3) is 0.441. The molecule has 2 bridgehead atoms. The third-order valence-corrected chi connectivity index (χ3v) is 10.9. The molecule has 3 fully saturated rings. The fourth-order valence-electron chi connectivity index (χ4n) is 7.10. The Hall–Kier alpha value is -3.76. The third kappa shape index (κ3) is 5.28. The number of likely N-dealkylation sites (tertiary alicyclic amines) is 1. The molecule has 44 heavy (non-hydrogen) atoms. The van der Waals surface area contributed by atoms with Crippen LogP contribution in [0.3, 0.4) is 0 Å². The SMILES string of the molecule is C=CCN(C(=O)C1N([C@H](C)CO)C(=O)[C@@H]2[C@@H](C(=O)N(CC=C)c3ccc(OCC)cc3)[C@H]3CCC12S3)c1ccc(OC)cc1. The molecule has 10 heteroatoms. The van der Waals surface area contributed by atoms with Gasteiger partial charge in [0.2, 0.25) is 11.8 Å². The van der Waals surface area contributed by atoms with Gasteiger partial charge in [0.05, 0.1) is 42.9 Å². The summed E-state index contributed by atoms with van der Waals surface area (Å²) in [4.78, 5) is 48.4. The molecular weight excluding hydrogens is 578 g/mol. The number of nitrogens with zero attached hydrogens (tertiary/aromatic N) is 3. The van der Waals surface area contributed by atoms with Crippen LogP contribution >= 0.6 is 11.8 Å². The van der Waals surface area contributed by atoms with Crippen LogP contribution in [0.25, 0.3) is 0 Å². The molecule has 9 nitrogen and oxygen atoms in total. The summed E-state index contributed by atoms with van der Waals surface area (Å²) in [6.07, 6.45) is 4.67. The number of rotatable bonds is 13. The molecule has 2 aromatic rings. The number of ether oxygens (including phenoxy) is 2. The minimum atomic E-state index is -0.852. The van der Waals surface area contributed by atoms with Crippen molar-refractivity contribution >= 4 is 40.9 Å². The van der Waals surface area contributed by atoms with Crippen LogP contribution in [0.1, 0.15) is 26.7 Å². The van der Waals surface area contributed by atoms with Crippen LogP contribution in [0.4, 0.5) is 11.4 Å². The van der Waals surface area contributed by atoms with E-state index in [0.717, 1.165) is 0 Å². The van der Waals surface area contributed by atoms with Gasteiger partial charge in [-0.05, 0) is 75.2 Å². The molecule has 2 unspecified atom stereocenters. The van der Waals surface area contributed by atoms with Gasteiger partial charge >= 0.3 is 0 Å². The fourth-order valence-corrected chi connectivity index (χ4v) is 9.29. The van der Waals surface area contributed by atoms with E-state index < -0.39 is 28.7 Å². The predicted molar refractivity (Wildman–Crippen MR) is 173 cm³/mol. The lowest BCUT2D eigenvalue weighted by Gasteiger charge is -2.39. The first-order valence-corrected chi connectivity index (χ1v) is 16.0. The molecule has 0 radical (unpaired) electrons. The number of fused-ring (bicyclic) bond motifs is 1. The predicted octanol–water partition coefficient (Wildman–Crippen LogP) is 4.30. The van der Waals surface area contributed by atoms with Crippen molar-refractivity contribution in [3.8, 4) is 11.5 Å². The highest BCUT2D eigenvalue weighted by atomic mass is 32.2. The maximum Gasteiger partial charge on any atom is 0.251 e. The average molecular weight is 620 g/mol. The first kappa shape index (κ1) is 31.7. The Labute approximate surface area is 263 Å². The Bertz CT molecular complexity index is 1400. The van der Waals surface area contributed by atoms with E-state index in [4.69, 9.17) is 9.47 Å². The molecule has 6 atom stereocenters. The number of hydrogen-bond donors (Lipinski definition) is 1. The summed E-state index contributed by atoms with van der Waals surface area (Å²) in [6.45, 7) is 12.2. The van der Waals surface area contributed by atoms with Gasteiger partial charge in [-0.15, -0.1) is 24.9 Å². The quantitative estimate of drug-likeness (QED) is 0.334. The largest absolute Gasteiger partial charge is 0.497 e. The number of methoxy groups -OCH3 is 1. The topological polar surface area (TPSA) is 99.6 Å². The first-order valence-electron chi connectivity index (χ1n) is 15.1. The lowest BCUT2D eigenvalue weighted by atomic mass is 9.70. The highest BCUT2D eigenvalue weighted by Crippen LogP contribution is 2.67. The summed E-state index contributed by atoms with van der Waals surface area (Å²) in [5.74, 6) is -0.606. The van der Waals surface area contributed by atoms with Crippen molar-refractivity contribution in [2.45, 2.75) is 48.8 Å². The van der Waals surface area contributed by atoms with Gasteiger partial charge in [0.1, 0.15) is 17.5 Å². The second-order valence-corrected chi connectivity index (χ2v) is 13.0. The Morgan fingerprint density at radius 1 is 1.05 bits per heavy atom. The summed E-state index contributed by atoms with van der Waals surface area (Å²) in [5.41, 5.74) is 1.34. The second-order valence-electron chi connectivity index (χ2n) is 11.4.